The van der Waals surface area contributed by atoms with Crippen molar-refractivity contribution in [2.45, 2.75) is 31.4 Å². The van der Waals surface area contributed by atoms with Crippen LogP contribution in [0.2, 0.25) is 0 Å². The van der Waals surface area contributed by atoms with Crippen LogP contribution in [0.1, 0.15) is 30.9 Å². The molecule has 2 N–H and O–H groups in total. The van der Waals surface area contributed by atoms with Crippen molar-refractivity contribution in [2.75, 3.05) is 32.7 Å². The molecule has 136 valence electrons. The molecule has 3 rings (SSSR count). The van der Waals surface area contributed by atoms with Crippen LogP contribution in [0, 0.1) is 5.82 Å². The van der Waals surface area contributed by atoms with Crippen molar-refractivity contribution in [3.05, 3.63) is 35.6 Å². The lowest BCUT2D eigenvalue weighted by Crippen LogP contribution is -2.57. The fraction of sp³-hybridized carbons (Fsp3) is 0.556. The van der Waals surface area contributed by atoms with Gasteiger partial charge in [-0.1, -0.05) is 12.1 Å². The van der Waals surface area contributed by atoms with Crippen molar-refractivity contribution in [1.82, 2.24) is 15.1 Å². The van der Waals surface area contributed by atoms with Gasteiger partial charge in [0.1, 0.15) is 5.82 Å². The Morgan fingerprint density at radius 2 is 2.24 bits per heavy atom. The molecular formula is C18H24FN3O3. The Hall–Kier alpha value is -1.99. The number of benzene rings is 1. The van der Waals surface area contributed by atoms with Crippen molar-refractivity contribution in [3.63, 3.8) is 0 Å². The van der Waals surface area contributed by atoms with Gasteiger partial charge in [-0.05, 0) is 30.5 Å². The highest BCUT2D eigenvalue weighted by atomic mass is 19.1. The van der Waals surface area contributed by atoms with Crippen LogP contribution in [0.25, 0.3) is 0 Å². The lowest BCUT2D eigenvalue weighted by Gasteiger charge is -2.41. The molecule has 0 aliphatic carbocycles. The lowest BCUT2D eigenvalue weighted by molar-refractivity contribution is -0.141. The summed E-state index contributed by atoms with van der Waals surface area (Å²) in [5, 5.41) is 13.3. The van der Waals surface area contributed by atoms with Crippen LogP contribution >= 0.6 is 0 Å². The molecule has 0 saturated carbocycles. The van der Waals surface area contributed by atoms with Gasteiger partial charge in [0.25, 0.3) is 0 Å². The molecule has 2 aliphatic rings. The second kappa shape index (κ2) is 7.93. The maximum atomic E-state index is 13.3. The van der Waals surface area contributed by atoms with Gasteiger partial charge in [-0.15, -0.1) is 0 Å². The van der Waals surface area contributed by atoms with E-state index < -0.39 is 11.9 Å². The molecule has 2 amide bonds. The summed E-state index contributed by atoms with van der Waals surface area (Å²) in [5.41, 5.74) is 0.402. The largest absolute Gasteiger partial charge is 0.388 e. The highest BCUT2D eigenvalue weighted by molar-refractivity contribution is 5.80. The SMILES string of the molecule is O=C(C[C@@H](O)c1cccc(F)c1)N1CCC[C@@H](N2CCNCC2=O)C1. The van der Waals surface area contributed by atoms with E-state index in [4.69, 9.17) is 0 Å². The summed E-state index contributed by atoms with van der Waals surface area (Å²) in [6.07, 6.45) is 0.626. The Kier molecular flexibility index (Phi) is 5.65. The maximum Gasteiger partial charge on any atom is 0.236 e. The Morgan fingerprint density at radius 1 is 1.40 bits per heavy atom. The number of halogens is 1. The Labute approximate surface area is 146 Å². The number of hydrogen-bond acceptors (Lipinski definition) is 4. The predicted molar refractivity (Wildman–Crippen MR) is 90.2 cm³/mol. The Balaban J connectivity index is 1.59. The van der Waals surface area contributed by atoms with E-state index in [1.165, 1.54) is 18.2 Å². The summed E-state index contributed by atoms with van der Waals surface area (Å²) in [4.78, 5) is 28.2. The zero-order valence-corrected chi connectivity index (χ0v) is 14.2. The second-order valence-electron chi connectivity index (χ2n) is 6.67. The monoisotopic (exact) mass is 349 g/mol. The van der Waals surface area contributed by atoms with E-state index in [1.807, 2.05) is 4.90 Å². The first-order valence-electron chi connectivity index (χ1n) is 8.76. The number of carbonyl (C=O) groups excluding carboxylic acids is 2. The number of hydrogen-bond donors (Lipinski definition) is 2. The summed E-state index contributed by atoms with van der Waals surface area (Å²) in [6, 6.07) is 5.72. The standard InChI is InChI=1S/C18H24FN3O3/c19-14-4-1-3-13(9-14)16(23)10-17(24)21-7-2-5-15(12-21)22-8-6-20-11-18(22)25/h1,3-4,9,15-16,20,23H,2,5-8,10-12H2/t15-,16-/m1/s1. The summed E-state index contributed by atoms with van der Waals surface area (Å²) < 4.78 is 13.3. The number of piperidine rings is 1. The fourth-order valence-corrected chi connectivity index (χ4v) is 3.57. The van der Waals surface area contributed by atoms with E-state index >= 15 is 0 Å². The molecule has 2 heterocycles. The number of rotatable bonds is 4. The first-order chi connectivity index (χ1) is 12.0. The molecule has 2 saturated heterocycles. The molecule has 25 heavy (non-hydrogen) atoms. The predicted octanol–water partition coefficient (Wildman–Crippen LogP) is 0.672. The van der Waals surface area contributed by atoms with Gasteiger partial charge in [0, 0.05) is 32.2 Å². The van der Waals surface area contributed by atoms with Gasteiger partial charge in [-0.25, -0.2) is 4.39 Å². The van der Waals surface area contributed by atoms with E-state index in [0.717, 1.165) is 19.4 Å². The third-order valence-electron chi connectivity index (χ3n) is 4.92. The highest BCUT2D eigenvalue weighted by Gasteiger charge is 2.32. The van der Waals surface area contributed by atoms with Gasteiger partial charge in [0.2, 0.25) is 11.8 Å². The van der Waals surface area contributed by atoms with Crippen LogP contribution in [-0.4, -0.2) is 65.5 Å². The molecule has 0 radical (unpaired) electrons. The number of piperazine rings is 1. The van der Waals surface area contributed by atoms with E-state index in [1.54, 1.807) is 11.0 Å². The average Bonchev–Trinajstić information content (AvgIpc) is 2.62. The number of nitrogens with zero attached hydrogens (tertiary/aromatic N) is 2. The van der Waals surface area contributed by atoms with Gasteiger partial charge >= 0.3 is 0 Å². The minimum absolute atomic E-state index is 0.0404. The minimum atomic E-state index is -1.02. The fourth-order valence-electron chi connectivity index (χ4n) is 3.57. The molecule has 0 aromatic heterocycles. The first-order valence-corrected chi connectivity index (χ1v) is 8.76. The van der Waals surface area contributed by atoms with Crippen molar-refractivity contribution in [1.29, 1.82) is 0 Å². The topological polar surface area (TPSA) is 72.9 Å². The van der Waals surface area contributed by atoms with E-state index in [2.05, 4.69) is 5.32 Å². The van der Waals surface area contributed by atoms with Gasteiger partial charge in [-0.3, -0.25) is 9.59 Å². The van der Waals surface area contributed by atoms with Crippen molar-refractivity contribution in [2.24, 2.45) is 0 Å². The average molecular weight is 349 g/mol. The molecule has 2 fully saturated rings. The summed E-state index contributed by atoms with van der Waals surface area (Å²) in [5.74, 6) is -0.520. The maximum absolute atomic E-state index is 13.3. The van der Waals surface area contributed by atoms with Gasteiger partial charge in [-0.2, -0.15) is 0 Å². The van der Waals surface area contributed by atoms with Crippen LogP contribution in [0.3, 0.4) is 0 Å². The summed E-state index contributed by atoms with van der Waals surface area (Å²) in [6.45, 7) is 2.92. The van der Waals surface area contributed by atoms with Gasteiger partial charge < -0.3 is 20.2 Å². The number of aliphatic hydroxyl groups excluding tert-OH is 1. The number of amides is 2. The molecule has 7 heteroatoms. The zero-order chi connectivity index (χ0) is 17.8. The number of likely N-dealkylation sites (tertiary alicyclic amines) is 1. The van der Waals surface area contributed by atoms with Crippen LogP contribution in [0.5, 0.6) is 0 Å². The van der Waals surface area contributed by atoms with Crippen LogP contribution in [-0.2, 0) is 9.59 Å². The van der Waals surface area contributed by atoms with Crippen LogP contribution < -0.4 is 5.32 Å². The molecule has 0 spiro atoms. The smallest absolute Gasteiger partial charge is 0.236 e. The van der Waals surface area contributed by atoms with Gasteiger partial charge in [0.15, 0.2) is 0 Å². The molecule has 0 bridgehead atoms. The third-order valence-corrected chi connectivity index (χ3v) is 4.92. The van der Waals surface area contributed by atoms with Crippen LogP contribution in [0.4, 0.5) is 4.39 Å². The van der Waals surface area contributed by atoms with Gasteiger partial charge in [0.05, 0.1) is 19.1 Å². The van der Waals surface area contributed by atoms with E-state index in [9.17, 15) is 19.1 Å². The molecular weight excluding hydrogens is 325 g/mol. The zero-order valence-electron chi connectivity index (χ0n) is 14.2. The Bertz CT molecular complexity index is 640. The lowest BCUT2D eigenvalue weighted by atomic mass is 10.0. The molecule has 2 aliphatic heterocycles. The molecule has 6 nitrogen and oxygen atoms in total. The summed E-state index contributed by atoms with van der Waals surface area (Å²) in [7, 11) is 0. The molecule has 0 unspecified atom stereocenters. The molecule has 2 atom stereocenters. The number of aliphatic hydroxyl groups is 1. The van der Waals surface area contributed by atoms with E-state index in [0.29, 0.717) is 31.7 Å². The quantitative estimate of drug-likeness (QED) is 0.838. The van der Waals surface area contributed by atoms with Crippen molar-refractivity contribution >= 4 is 11.8 Å². The second-order valence-corrected chi connectivity index (χ2v) is 6.67. The number of nitrogens with one attached hydrogen (secondary N) is 1. The van der Waals surface area contributed by atoms with E-state index in [-0.39, 0.29) is 24.3 Å². The highest BCUT2D eigenvalue weighted by Crippen LogP contribution is 2.22. The normalized spacial score (nSPS) is 22.8. The number of carbonyl (C=O) groups is 2. The van der Waals surface area contributed by atoms with Crippen molar-refractivity contribution in [3.8, 4) is 0 Å². The molecule has 1 aromatic rings. The third kappa shape index (κ3) is 4.35. The molecule has 1 aromatic carbocycles. The van der Waals surface area contributed by atoms with Crippen LogP contribution in [0.15, 0.2) is 24.3 Å². The Morgan fingerprint density at radius 3 is 3.00 bits per heavy atom. The summed E-state index contributed by atoms with van der Waals surface area (Å²) >= 11 is 0. The van der Waals surface area contributed by atoms with Crippen molar-refractivity contribution < 1.29 is 19.1 Å². The minimum Gasteiger partial charge on any atom is -0.388 e. The first kappa shape index (κ1) is 17.8.